The predicted octanol–water partition coefficient (Wildman–Crippen LogP) is 1.80. The third-order valence-electron chi connectivity index (χ3n) is 4.59. The maximum atomic E-state index is 12.0. The number of nitrogens with zero attached hydrogens (tertiary/aromatic N) is 1. The molecule has 0 aliphatic carbocycles. The smallest absolute Gasteiger partial charge is 0.237 e. The van der Waals surface area contributed by atoms with E-state index in [1.54, 1.807) is 0 Å². The van der Waals surface area contributed by atoms with E-state index in [-0.39, 0.29) is 17.7 Å². The quantitative estimate of drug-likeness (QED) is 0.805. The van der Waals surface area contributed by atoms with Crippen LogP contribution in [0.2, 0.25) is 0 Å². The van der Waals surface area contributed by atoms with Gasteiger partial charge in [0.2, 0.25) is 11.8 Å². The van der Waals surface area contributed by atoms with Crippen LogP contribution in [0.1, 0.15) is 44.2 Å². The van der Waals surface area contributed by atoms with Crippen molar-refractivity contribution >= 4 is 11.8 Å². The van der Waals surface area contributed by atoms with E-state index in [9.17, 15) is 9.59 Å². The molecule has 23 heavy (non-hydrogen) atoms. The summed E-state index contributed by atoms with van der Waals surface area (Å²) in [5.41, 5.74) is 8.07. The van der Waals surface area contributed by atoms with Crippen molar-refractivity contribution in [1.29, 1.82) is 0 Å². The van der Waals surface area contributed by atoms with Crippen LogP contribution in [0.15, 0.2) is 24.3 Å². The minimum absolute atomic E-state index is 0.105. The normalized spacial score (nSPS) is 17.2. The van der Waals surface area contributed by atoms with E-state index in [0.717, 1.165) is 30.5 Å². The average molecular weight is 317 g/mol. The first-order valence-corrected chi connectivity index (χ1v) is 8.40. The molecule has 2 amide bonds. The Bertz CT molecular complexity index is 542. The Kier molecular flexibility index (Phi) is 6.16. The van der Waals surface area contributed by atoms with Gasteiger partial charge in [-0.25, -0.2) is 0 Å². The fraction of sp³-hybridized carbons (Fsp3) is 0.556. The summed E-state index contributed by atoms with van der Waals surface area (Å²) in [7, 11) is 0. The van der Waals surface area contributed by atoms with Crippen molar-refractivity contribution in [2.45, 2.75) is 52.2 Å². The highest BCUT2D eigenvalue weighted by atomic mass is 16.2. The molecule has 5 nitrogen and oxygen atoms in total. The summed E-state index contributed by atoms with van der Waals surface area (Å²) < 4.78 is 0. The molecule has 1 saturated heterocycles. The van der Waals surface area contributed by atoms with Gasteiger partial charge in [0, 0.05) is 26.1 Å². The predicted molar refractivity (Wildman–Crippen MR) is 90.4 cm³/mol. The monoisotopic (exact) mass is 317 g/mol. The standard InChI is InChI=1S/C18H27N3O2/c1-3-13(2)17(19)18(23)20-11-14-6-8-15(9-7-14)12-21-10-4-5-16(21)22/h6-9,13,17H,3-5,10-12,19H2,1-2H3,(H,20,23). The molecule has 1 fully saturated rings. The summed E-state index contributed by atoms with van der Waals surface area (Å²) in [5, 5.41) is 2.89. The first kappa shape index (κ1) is 17.5. The van der Waals surface area contributed by atoms with Crippen LogP contribution in [0.25, 0.3) is 0 Å². The van der Waals surface area contributed by atoms with Crippen LogP contribution in [0, 0.1) is 5.92 Å². The molecule has 126 valence electrons. The molecule has 0 aromatic heterocycles. The van der Waals surface area contributed by atoms with E-state index in [1.807, 2.05) is 43.0 Å². The van der Waals surface area contributed by atoms with Gasteiger partial charge in [0.1, 0.15) is 0 Å². The zero-order valence-electron chi connectivity index (χ0n) is 14.0. The first-order chi connectivity index (χ1) is 11.0. The van der Waals surface area contributed by atoms with Gasteiger partial charge in [0.15, 0.2) is 0 Å². The van der Waals surface area contributed by atoms with E-state index in [0.29, 0.717) is 19.5 Å². The second kappa shape index (κ2) is 8.11. The lowest BCUT2D eigenvalue weighted by Gasteiger charge is -2.18. The van der Waals surface area contributed by atoms with Gasteiger partial charge in [-0.3, -0.25) is 9.59 Å². The van der Waals surface area contributed by atoms with E-state index in [4.69, 9.17) is 5.73 Å². The minimum atomic E-state index is -0.458. The van der Waals surface area contributed by atoms with E-state index in [2.05, 4.69) is 5.32 Å². The van der Waals surface area contributed by atoms with Gasteiger partial charge in [-0.2, -0.15) is 0 Å². The lowest BCUT2D eigenvalue weighted by atomic mass is 9.99. The Labute approximate surface area is 138 Å². The van der Waals surface area contributed by atoms with Crippen molar-refractivity contribution in [3.8, 4) is 0 Å². The maximum Gasteiger partial charge on any atom is 0.237 e. The zero-order valence-corrected chi connectivity index (χ0v) is 14.0. The van der Waals surface area contributed by atoms with E-state index in [1.165, 1.54) is 0 Å². The van der Waals surface area contributed by atoms with Crippen LogP contribution in [-0.4, -0.2) is 29.3 Å². The SMILES string of the molecule is CCC(C)C(N)C(=O)NCc1ccc(CN2CCCC2=O)cc1. The second-order valence-corrected chi connectivity index (χ2v) is 6.36. The first-order valence-electron chi connectivity index (χ1n) is 8.40. The summed E-state index contributed by atoms with van der Waals surface area (Å²) >= 11 is 0. The zero-order chi connectivity index (χ0) is 16.8. The Morgan fingerprint density at radius 2 is 1.96 bits per heavy atom. The molecule has 0 bridgehead atoms. The number of amides is 2. The summed E-state index contributed by atoms with van der Waals surface area (Å²) in [5.74, 6) is 0.307. The summed E-state index contributed by atoms with van der Waals surface area (Å²) in [6, 6.07) is 7.56. The number of nitrogens with one attached hydrogen (secondary N) is 1. The molecular weight excluding hydrogens is 290 g/mol. The molecule has 1 aromatic carbocycles. The molecule has 0 radical (unpaired) electrons. The van der Waals surface area contributed by atoms with Crippen LogP contribution >= 0.6 is 0 Å². The van der Waals surface area contributed by atoms with Crippen molar-refractivity contribution in [2.24, 2.45) is 11.7 Å². The Morgan fingerprint density at radius 1 is 1.30 bits per heavy atom. The Balaban J connectivity index is 1.83. The fourth-order valence-corrected chi connectivity index (χ4v) is 2.67. The van der Waals surface area contributed by atoms with Gasteiger partial charge in [0.25, 0.3) is 0 Å². The van der Waals surface area contributed by atoms with E-state index < -0.39 is 6.04 Å². The molecule has 0 spiro atoms. The summed E-state index contributed by atoms with van der Waals surface area (Å²) in [4.78, 5) is 25.5. The molecule has 2 rings (SSSR count). The lowest BCUT2D eigenvalue weighted by Crippen LogP contribution is -2.44. The number of carbonyl (C=O) groups is 2. The van der Waals surface area contributed by atoms with Crippen LogP contribution in [0.4, 0.5) is 0 Å². The van der Waals surface area contributed by atoms with Gasteiger partial charge in [-0.15, -0.1) is 0 Å². The van der Waals surface area contributed by atoms with Crippen molar-refractivity contribution < 1.29 is 9.59 Å². The van der Waals surface area contributed by atoms with Crippen molar-refractivity contribution in [2.75, 3.05) is 6.54 Å². The van der Waals surface area contributed by atoms with Gasteiger partial charge < -0.3 is 16.0 Å². The fourth-order valence-electron chi connectivity index (χ4n) is 2.67. The van der Waals surface area contributed by atoms with Gasteiger partial charge in [0.05, 0.1) is 6.04 Å². The lowest BCUT2D eigenvalue weighted by molar-refractivity contribution is -0.128. The van der Waals surface area contributed by atoms with Crippen LogP contribution in [-0.2, 0) is 22.7 Å². The average Bonchev–Trinajstić information content (AvgIpc) is 2.97. The molecule has 1 aromatic rings. The number of rotatable bonds is 7. The number of likely N-dealkylation sites (tertiary alicyclic amines) is 1. The number of carbonyl (C=O) groups excluding carboxylic acids is 2. The topological polar surface area (TPSA) is 75.4 Å². The molecule has 2 unspecified atom stereocenters. The molecule has 0 saturated carbocycles. The molecule has 3 N–H and O–H groups in total. The highest BCUT2D eigenvalue weighted by Gasteiger charge is 2.20. The summed E-state index contributed by atoms with van der Waals surface area (Å²) in [6.07, 6.45) is 2.51. The number of hydrogen-bond donors (Lipinski definition) is 2. The molecule has 5 heteroatoms. The van der Waals surface area contributed by atoms with Crippen LogP contribution in [0.5, 0.6) is 0 Å². The molecule has 2 atom stereocenters. The Morgan fingerprint density at radius 3 is 2.52 bits per heavy atom. The second-order valence-electron chi connectivity index (χ2n) is 6.36. The maximum absolute atomic E-state index is 12.0. The van der Waals surface area contributed by atoms with Gasteiger partial charge >= 0.3 is 0 Å². The number of benzene rings is 1. The van der Waals surface area contributed by atoms with Crippen molar-refractivity contribution in [3.05, 3.63) is 35.4 Å². The van der Waals surface area contributed by atoms with Gasteiger partial charge in [-0.1, -0.05) is 44.5 Å². The van der Waals surface area contributed by atoms with Crippen LogP contribution in [0.3, 0.4) is 0 Å². The number of nitrogens with two attached hydrogens (primary N) is 1. The Hall–Kier alpha value is -1.88. The van der Waals surface area contributed by atoms with Gasteiger partial charge in [-0.05, 0) is 23.5 Å². The largest absolute Gasteiger partial charge is 0.351 e. The molecular formula is C18H27N3O2. The van der Waals surface area contributed by atoms with Crippen LogP contribution < -0.4 is 11.1 Å². The minimum Gasteiger partial charge on any atom is -0.351 e. The highest BCUT2D eigenvalue weighted by Crippen LogP contribution is 2.15. The number of hydrogen-bond acceptors (Lipinski definition) is 3. The molecule has 1 aliphatic heterocycles. The highest BCUT2D eigenvalue weighted by molar-refractivity contribution is 5.81. The summed E-state index contributed by atoms with van der Waals surface area (Å²) in [6.45, 7) is 6.01. The third kappa shape index (κ3) is 4.79. The molecule has 1 aliphatic rings. The third-order valence-corrected chi connectivity index (χ3v) is 4.59. The van der Waals surface area contributed by atoms with Crippen molar-refractivity contribution in [3.63, 3.8) is 0 Å². The van der Waals surface area contributed by atoms with E-state index >= 15 is 0 Å². The molecule has 1 heterocycles. The van der Waals surface area contributed by atoms with Crippen molar-refractivity contribution in [1.82, 2.24) is 10.2 Å².